The van der Waals surface area contributed by atoms with Crippen molar-refractivity contribution < 1.29 is 13.9 Å². The highest BCUT2D eigenvalue weighted by molar-refractivity contribution is 7.15. The Morgan fingerprint density at radius 3 is 2.97 bits per heavy atom. The molecule has 0 aromatic carbocycles. The van der Waals surface area contributed by atoms with Gasteiger partial charge in [-0.3, -0.25) is 4.79 Å². The molecule has 4 rings (SSSR count). The number of hydrogen-bond donors (Lipinski definition) is 1. The summed E-state index contributed by atoms with van der Waals surface area (Å²) in [4.78, 5) is 29.3. The molecular formula is C20H23N5O3S. The Labute approximate surface area is 173 Å². The van der Waals surface area contributed by atoms with Crippen molar-refractivity contribution in [3.63, 3.8) is 0 Å². The van der Waals surface area contributed by atoms with Gasteiger partial charge in [0.2, 0.25) is 5.95 Å². The number of rotatable bonds is 6. The summed E-state index contributed by atoms with van der Waals surface area (Å²) in [7, 11) is 1.59. The van der Waals surface area contributed by atoms with Gasteiger partial charge in [-0.25, -0.2) is 15.0 Å². The van der Waals surface area contributed by atoms with Gasteiger partial charge in [0.25, 0.3) is 5.91 Å². The van der Waals surface area contributed by atoms with E-state index in [2.05, 4.69) is 20.2 Å². The van der Waals surface area contributed by atoms with Crippen molar-refractivity contribution >= 4 is 23.2 Å². The summed E-state index contributed by atoms with van der Waals surface area (Å²) < 4.78 is 10.5. The number of ether oxygens (including phenoxy) is 1. The molecule has 152 valence electrons. The van der Waals surface area contributed by atoms with E-state index in [4.69, 9.17) is 14.1 Å². The van der Waals surface area contributed by atoms with Crippen molar-refractivity contribution in [2.75, 3.05) is 25.1 Å². The quantitative estimate of drug-likeness (QED) is 0.664. The number of aromatic nitrogens is 3. The van der Waals surface area contributed by atoms with Crippen LogP contribution in [-0.2, 0) is 11.3 Å². The van der Waals surface area contributed by atoms with E-state index < -0.39 is 0 Å². The number of hydrogen-bond acceptors (Lipinski definition) is 8. The minimum atomic E-state index is -0.218. The molecule has 0 aliphatic carbocycles. The summed E-state index contributed by atoms with van der Waals surface area (Å²) in [6.07, 6.45) is 2.60. The zero-order chi connectivity index (χ0) is 20.4. The SMILES string of the molecule is COCc1ccc(C(=O)NC2CCN(c3nccc(-c4sc(C)nc4C)n3)C2)o1. The van der Waals surface area contributed by atoms with E-state index in [0.29, 0.717) is 30.6 Å². The Kier molecular flexibility index (Phi) is 5.59. The summed E-state index contributed by atoms with van der Waals surface area (Å²) >= 11 is 1.63. The zero-order valence-electron chi connectivity index (χ0n) is 16.6. The molecule has 8 nitrogen and oxygen atoms in total. The predicted octanol–water partition coefficient (Wildman–Crippen LogP) is 2.97. The number of carbonyl (C=O) groups is 1. The van der Waals surface area contributed by atoms with E-state index in [-0.39, 0.29) is 11.9 Å². The lowest BCUT2D eigenvalue weighted by atomic mass is 10.2. The second-order valence-corrected chi connectivity index (χ2v) is 8.20. The lowest BCUT2D eigenvalue weighted by Gasteiger charge is -2.17. The number of aryl methyl sites for hydroxylation is 2. The fraction of sp³-hybridized carbons (Fsp3) is 0.400. The van der Waals surface area contributed by atoms with Gasteiger partial charge in [0, 0.05) is 32.4 Å². The molecular weight excluding hydrogens is 390 g/mol. The first-order valence-electron chi connectivity index (χ1n) is 9.44. The summed E-state index contributed by atoms with van der Waals surface area (Å²) in [6.45, 7) is 5.77. The van der Waals surface area contributed by atoms with Crippen molar-refractivity contribution in [3.8, 4) is 10.6 Å². The number of carbonyl (C=O) groups excluding carboxylic acids is 1. The molecule has 0 spiro atoms. The maximum absolute atomic E-state index is 12.4. The normalized spacial score (nSPS) is 16.4. The van der Waals surface area contributed by atoms with Crippen LogP contribution in [-0.4, -0.2) is 47.1 Å². The smallest absolute Gasteiger partial charge is 0.287 e. The molecule has 0 radical (unpaired) electrons. The van der Waals surface area contributed by atoms with E-state index in [1.807, 2.05) is 19.9 Å². The van der Waals surface area contributed by atoms with Crippen LogP contribution < -0.4 is 10.2 Å². The van der Waals surface area contributed by atoms with Crippen molar-refractivity contribution in [1.82, 2.24) is 20.3 Å². The number of amides is 1. The molecule has 1 aliphatic rings. The first kappa shape index (κ1) is 19.5. The van der Waals surface area contributed by atoms with E-state index in [1.165, 1.54) is 0 Å². The second-order valence-electron chi connectivity index (χ2n) is 6.99. The summed E-state index contributed by atoms with van der Waals surface area (Å²) in [5.74, 6) is 1.38. The van der Waals surface area contributed by atoms with Crippen LogP contribution in [0.4, 0.5) is 5.95 Å². The van der Waals surface area contributed by atoms with Crippen LogP contribution in [0.1, 0.15) is 33.4 Å². The summed E-state index contributed by atoms with van der Waals surface area (Å²) in [5.41, 5.74) is 1.86. The number of thiazole rings is 1. The third kappa shape index (κ3) is 4.30. The van der Waals surface area contributed by atoms with Gasteiger partial charge in [-0.1, -0.05) is 0 Å². The molecule has 1 amide bonds. The Bertz CT molecular complexity index is 1020. The van der Waals surface area contributed by atoms with Gasteiger partial charge >= 0.3 is 0 Å². The van der Waals surface area contributed by atoms with Crippen molar-refractivity contribution in [2.45, 2.75) is 32.9 Å². The maximum Gasteiger partial charge on any atom is 0.287 e. The fourth-order valence-electron chi connectivity index (χ4n) is 3.43. The molecule has 29 heavy (non-hydrogen) atoms. The van der Waals surface area contributed by atoms with Gasteiger partial charge < -0.3 is 19.4 Å². The highest BCUT2D eigenvalue weighted by Gasteiger charge is 2.27. The monoisotopic (exact) mass is 413 g/mol. The molecule has 1 fully saturated rings. The second kappa shape index (κ2) is 8.30. The van der Waals surface area contributed by atoms with Crippen LogP contribution in [0.3, 0.4) is 0 Å². The molecule has 4 heterocycles. The molecule has 3 aromatic rings. The van der Waals surface area contributed by atoms with Crippen LogP contribution in [0.2, 0.25) is 0 Å². The highest BCUT2D eigenvalue weighted by Crippen LogP contribution is 2.29. The summed E-state index contributed by atoms with van der Waals surface area (Å²) in [6, 6.07) is 5.34. The van der Waals surface area contributed by atoms with Crippen LogP contribution in [0.5, 0.6) is 0 Å². The largest absolute Gasteiger partial charge is 0.453 e. The zero-order valence-corrected chi connectivity index (χ0v) is 17.5. The molecule has 9 heteroatoms. The van der Waals surface area contributed by atoms with Crippen LogP contribution >= 0.6 is 11.3 Å². The minimum absolute atomic E-state index is 0.0121. The number of anilines is 1. The Morgan fingerprint density at radius 1 is 1.34 bits per heavy atom. The van der Waals surface area contributed by atoms with Gasteiger partial charge in [0.1, 0.15) is 12.4 Å². The predicted molar refractivity (Wildman–Crippen MR) is 110 cm³/mol. The summed E-state index contributed by atoms with van der Waals surface area (Å²) in [5, 5.41) is 4.05. The third-order valence-electron chi connectivity index (χ3n) is 4.76. The van der Waals surface area contributed by atoms with Gasteiger partial charge in [-0.2, -0.15) is 0 Å². The van der Waals surface area contributed by atoms with Crippen molar-refractivity contribution in [3.05, 3.63) is 46.6 Å². The molecule has 1 aliphatic heterocycles. The lowest BCUT2D eigenvalue weighted by molar-refractivity contribution is 0.0903. The van der Waals surface area contributed by atoms with E-state index >= 15 is 0 Å². The van der Waals surface area contributed by atoms with Crippen molar-refractivity contribution in [1.29, 1.82) is 0 Å². The molecule has 0 bridgehead atoms. The van der Waals surface area contributed by atoms with Gasteiger partial charge in [-0.05, 0) is 38.5 Å². The third-order valence-corrected chi connectivity index (χ3v) is 5.85. The number of nitrogens with zero attached hydrogens (tertiary/aromatic N) is 4. The standard InChI is InChI=1S/C20H23N5O3S/c1-12-18(29-13(2)22-12)16-6-8-21-20(24-16)25-9-7-14(10-25)23-19(26)17-5-4-15(28-17)11-27-3/h4-6,8,14H,7,9-11H2,1-3H3,(H,23,26). The molecule has 1 N–H and O–H groups in total. The minimum Gasteiger partial charge on any atom is -0.453 e. The molecule has 1 saturated heterocycles. The van der Waals surface area contributed by atoms with Crippen LogP contribution in [0.25, 0.3) is 10.6 Å². The number of nitrogens with one attached hydrogen (secondary N) is 1. The molecule has 1 unspecified atom stereocenters. The van der Waals surface area contributed by atoms with Gasteiger partial charge in [0.05, 0.1) is 21.3 Å². The average molecular weight is 414 g/mol. The van der Waals surface area contributed by atoms with Gasteiger partial charge in [0.15, 0.2) is 5.76 Å². The molecule has 3 aromatic heterocycles. The Morgan fingerprint density at radius 2 is 2.21 bits per heavy atom. The first-order chi connectivity index (χ1) is 14.0. The molecule has 0 saturated carbocycles. The average Bonchev–Trinajstić information content (AvgIpc) is 3.43. The van der Waals surface area contributed by atoms with Crippen LogP contribution in [0, 0.1) is 13.8 Å². The lowest BCUT2D eigenvalue weighted by Crippen LogP contribution is -2.37. The number of furan rings is 1. The number of methoxy groups -OCH3 is 1. The van der Waals surface area contributed by atoms with E-state index in [0.717, 1.165) is 34.2 Å². The van der Waals surface area contributed by atoms with Crippen molar-refractivity contribution in [2.24, 2.45) is 0 Å². The maximum atomic E-state index is 12.4. The van der Waals surface area contributed by atoms with Crippen LogP contribution in [0.15, 0.2) is 28.8 Å². The Balaban J connectivity index is 1.41. The van der Waals surface area contributed by atoms with Gasteiger partial charge in [-0.15, -0.1) is 11.3 Å². The highest BCUT2D eigenvalue weighted by atomic mass is 32.1. The van der Waals surface area contributed by atoms with E-state index in [1.54, 1.807) is 36.8 Å². The van der Waals surface area contributed by atoms with E-state index in [9.17, 15) is 4.79 Å². The Hall–Kier alpha value is -2.78. The first-order valence-corrected chi connectivity index (χ1v) is 10.3. The molecule has 1 atom stereocenters. The fourth-order valence-corrected chi connectivity index (χ4v) is 4.32. The topological polar surface area (TPSA) is 93.4 Å².